The highest BCUT2D eigenvalue weighted by Crippen LogP contribution is 2.23. The van der Waals surface area contributed by atoms with E-state index in [2.05, 4.69) is 20.2 Å². The standard InChI is InChI=1S/C8H6N4O2S/c13-7(14)6-3-5(1-2-9-6)15-8-10-4-11-12-8/h1-4H,(H,13,14)(H,10,11,12). The highest BCUT2D eigenvalue weighted by Gasteiger charge is 2.06. The molecule has 2 heterocycles. The van der Waals surface area contributed by atoms with E-state index in [0.29, 0.717) is 5.16 Å². The van der Waals surface area contributed by atoms with Crippen molar-refractivity contribution >= 4 is 17.7 Å². The zero-order valence-electron chi connectivity index (χ0n) is 7.41. The number of hydrogen-bond acceptors (Lipinski definition) is 5. The lowest BCUT2D eigenvalue weighted by Crippen LogP contribution is -1.99. The first-order chi connectivity index (χ1) is 7.25. The third-order valence-corrected chi connectivity index (χ3v) is 2.44. The molecule has 0 bridgehead atoms. The molecule has 0 unspecified atom stereocenters. The lowest BCUT2D eigenvalue weighted by atomic mass is 10.4. The summed E-state index contributed by atoms with van der Waals surface area (Å²) < 4.78 is 0. The quantitative estimate of drug-likeness (QED) is 0.806. The van der Waals surface area contributed by atoms with E-state index < -0.39 is 5.97 Å². The Bertz CT molecular complexity index is 471. The minimum Gasteiger partial charge on any atom is -0.477 e. The van der Waals surface area contributed by atoms with Crippen LogP contribution in [0.2, 0.25) is 0 Å². The van der Waals surface area contributed by atoms with Gasteiger partial charge in [0, 0.05) is 11.1 Å². The monoisotopic (exact) mass is 222 g/mol. The third kappa shape index (κ3) is 2.32. The summed E-state index contributed by atoms with van der Waals surface area (Å²) in [7, 11) is 0. The number of aromatic amines is 1. The molecule has 15 heavy (non-hydrogen) atoms. The molecule has 2 N–H and O–H groups in total. The van der Waals surface area contributed by atoms with Gasteiger partial charge in [-0.05, 0) is 12.1 Å². The molecule has 0 radical (unpaired) electrons. The SMILES string of the molecule is O=C(O)c1cc(Sc2ncn[nH]2)ccn1. The first kappa shape index (κ1) is 9.66. The van der Waals surface area contributed by atoms with Gasteiger partial charge >= 0.3 is 5.97 Å². The van der Waals surface area contributed by atoms with Crippen LogP contribution in [-0.4, -0.2) is 31.2 Å². The van der Waals surface area contributed by atoms with E-state index in [-0.39, 0.29) is 5.69 Å². The zero-order chi connectivity index (χ0) is 10.7. The summed E-state index contributed by atoms with van der Waals surface area (Å²) in [5.74, 6) is -1.05. The number of carboxylic acids is 1. The van der Waals surface area contributed by atoms with E-state index in [1.807, 2.05) is 0 Å². The molecule has 0 saturated heterocycles. The predicted octanol–water partition coefficient (Wildman–Crippen LogP) is 1.05. The first-order valence-electron chi connectivity index (χ1n) is 3.98. The van der Waals surface area contributed by atoms with Gasteiger partial charge in [-0.3, -0.25) is 5.10 Å². The number of rotatable bonds is 3. The molecule has 6 nitrogen and oxygen atoms in total. The second-order valence-electron chi connectivity index (χ2n) is 2.57. The number of aromatic nitrogens is 4. The van der Waals surface area contributed by atoms with Crippen molar-refractivity contribution in [2.24, 2.45) is 0 Å². The molecule has 0 spiro atoms. The molecule has 0 saturated carbocycles. The molecule has 0 aliphatic carbocycles. The van der Waals surface area contributed by atoms with Gasteiger partial charge in [-0.2, -0.15) is 5.10 Å². The number of aromatic carboxylic acids is 1. The fraction of sp³-hybridized carbons (Fsp3) is 0. The van der Waals surface area contributed by atoms with Crippen LogP contribution in [0.5, 0.6) is 0 Å². The number of carboxylic acid groups (broad SMARTS) is 1. The van der Waals surface area contributed by atoms with Gasteiger partial charge in [0.25, 0.3) is 0 Å². The van der Waals surface area contributed by atoms with Crippen molar-refractivity contribution in [1.82, 2.24) is 20.2 Å². The van der Waals surface area contributed by atoms with Crippen molar-refractivity contribution < 1.29 is 9.90 Å². The molecule has 0 aliphatic rings. The Labute approximate surface area is 88.8 Å². The van der Waals surface area contributed by atoms with Crippen molar-refractivity contribution in [3.63, 3.8) is 0 Å². The number of pyridine rings is 1. The van der Waals surface area contributed by atoms with Gasteiger partial charge in [-0.1, -0.05) is 11.8 Å². The smallest absolute Gasteiger partial charge is 0.354 e. The van der Waals surface area contributed by atoms with E-state index in [4.69, 9.17) is 5.11 Å². The number of nitrogens with zero attached hydrogens (tertiary/aromatic N) is 3. The van der Waals surface area contributed by atoms with Crippen LogP contribution in [0.3, 0.4) is 0 Å². The number of hydrogen-bond donors (Lipinski definition) is 2. The highest BCUT2D eigenvalue weighted by atomic mass is 32.2. The largest absolute Gasteiger partial charge is 0.477 e. The summed E-state index contributed by atoms with van der Waals surface area (Å²) in [6, 6.07) is 3.19. The van der Waals surface area contributed by atoms with Crippen LogP contribution >= 0.6 is 11.8 Å². The Morgan fingerprint density at radius 1 is 1.47 bits per heavy atom. The van der Waals surface area contributed by atoms with Crippen molar-refractivity contribution in [2.45, 2.75) is 10.1 Å². The minimum absolute atomic E-state index is 0.0134. The van der Waals surface area contributed by atoms with Crippen molar-refractivity contribution in [2.75, 3.05) is 0 Å². The maximum absolute atomic E-state index is 10.6. The number of nitrogens with one attached hydrogen (secondary N) is 1. The fourth-order valence-electron chi connectivity index (χ4n) is 0.947. The lowest BCUT2D eigenvalue weighted by Gasteiger charge is -1.98. The van der Waals surface area contributed by atoms with E-state index in [1.165, 1.54) is 30.4 Å². The van der Waals surface area contributed by atoms with E-state index in [9.17, 15) is 4.79 Å². The molecule has 0 amide bonds. The maximum atomic E-state index is 10.6. The number of H-pyrrole nitrogens is 1. The van der Waals surface area contributed by atoms with Crippen LogP contribution < -0.4 is 0 Å². The van der Waals surface area contributed by atoms with Crippen molar-refractivity contribution in [3.8, 4) is 0 Å². The Morgan fingerprint density at radius 3 is 3.00 bits per heavy atom. The van der Waals surface area contributed by atoms with Crippen molar-refractivity contribution in [3.05, 3.63) is 30.4 Å². The Kier molecular flexibility index (Phi) is 2.64. The van der Waals surface area contributed by atoms with Crippen LogP contribution in [0.15, 0.2) is 34.7 Å². The zero-order valence-corrected chi connectivity index (χ0v) is 8.23. The summed E-state index contributed by atoms with van der Waals surface area (Å²) in [5.41, 5.74) is 0.0134. The summed E-state index contributed by atoms with van der Waals surface area (Å²) >= 11 is 1.29. The first-order valence-corrected chi connectivity index (χ1v) is 4.80. The molecule has 7 heteroatoms. The predicted molar refractivity (Wildman–Crippen MR) is 51.7 cm³/mol. The van der Waals surface area contributed by atoms with Gasteiger partial charge in [-0.15, -0.1) is 0 Å². The Balaban J connectivity index is 2.22. The molecule has 2 aromatic rings. The minimum atomic E-state index is -1.05. The third-order valence-electron chi connectivity index (χ3n) is 1.56. The van der Waals surface area contributed by atoms with Crippen molar-refractivity contribution in [1.29, 1.82) is 0 Å². The average molecular weight is 222 g/mol. The van der Waals surface area contributed by atoms with Gasteiger partial charge in [0.2, 0.25) is 0 Å². The Hall–Kier alpha value is -1.89. The molecule has 0 aliphatic heterocycles. The van der Waals surface area contributed by atoms with Gasteiger partial charge < -0.3 is 5.11 Å². The maximum Gasteiger partial charge on any atom is 0.354 e. The molecule has 0 fully saturated rings. The molecule has 0 atom stereocenters. The summed E-state index contributed by atoms with van der Waals surface area (Å²) in [5, 5.41) is 15.7. The van der Waals surface area contributed by atoms with Crippen LogP contribution in [0.1, 0.15) is 10.5 Å². The second-order valence-corrected chi connectivity index (χ2v) is 3.64. The molecule has 2 rings (SSSR count). The average Bonchev–Trinajstić information content (AvgIpc) is 2.71. The van der Waals surface area contributed by atoms with Gasteiger partial charge in [-0.25, -0.2) is 14.8 Å². The summed E-state index contributed by atoms with van der Waals surface area (Å²) in [4.78, 5) is 19.0. The van der Waals surface area contributed by atoms with Crippen LogP contribution in [0.4, 0.5) is 0 Å². The summed E-state index contributed by atoms with van der Waals surface area (Å²) in [6.07, 6.45) is 2.84. The number of carbonyl (C=O) groups is 1. The second kappa shape index (κ2) is 4.09. The lowest BCUT2D eigenvalue weighted by molar-refractivity contribution is 0.0690. The van der Waals surface area contributed by atoms with E-state index in [1.54, 1.807) is 6.07 Å². The van der Waals surface area contributed by atoms with Crippen LogP contribution in [-0.2, 0) is 0 Å². The Morgan fingerprint density at radius 2 is 2.33 bits per heavy atom. The highest BCUT2D eigenvalue weighted by molar-refractivity contribution is 7.99. The van der Waals surface area contributed by atoms with Gasteiger partial charge in [0.05, 0.1) is 0 Å². The molecular formula is C8H6N4O2S. The molecule has 76 valence electrons. The van der Waals surface area contributed by atoms with Gasteiger partial charge in [0.1, 0.15) is 12.0 Å². The van der Waals surface area contributed by atoms with Gasteiger partial charge in [0.15, 0.2) is 5.16 Å². The van der Waals surface area contributed by atoms with E-state index >= 15 is 0 Å². The topological polar surface area (TPSA) is 91.8 Å². The molecular weight excluding hydrogens is 216 g/mol. The van der Waals surface area contributed by atoms with E-state index in [0.717, 1.165) is 4.90 Å². The fourth-order valence-corrected chi connectivity index (χ4v) is 1.67. The molecule has 2 aromatic heterocycles. The summed E-state index contributed by atoms with van der Waals surface area (Å²) in [6.45, 7) is 0. The van der Waals surface area contributed by atoms with Crippen LogP contribution in [0.25, 0.3) is 0 Å². The normalized spacial score (nSPS) is 10.1. The van der Waals surface area contributed by atoms with Crippen LogP contribution in [0, 0.1) is 0 Å². The molecule has 0 aromatic carbocycles.